The molecule has 0 radical (unpaired) electrons. The van der Waals surface area contributed by atoms with Gasteiger partial charge in [-0.15, -0.1) is 0 Å². The van der Waals surface area contributed by atoms with Crippen molar-refractivity contribution in [2.75, 3.05) is 0 Å². The second-order valence-electron chi connectivity index (χ2n) is 7.52. The molecule has 0 aromatic carbocycles. The average molecular weight is 863 g/mol. The van der Waals surface area contributed by atoms with Gasteiger partial charge in [0.2, 0.25) is 5.91 Å². The zero-order chi connectivity index (χ0) is 25.5. The van der Waals surface area contributed by atoms with Gasteiger partial charge < -0.3 is 23.5 Å². The Morgan fingerprint density at radius 2 is 1.12 bits per heavy atom. The quantitative estimate of drug-likeness (QED) is 0.141. The van der Waals surface area contributed by atoms with E-state index >= 15 is 0 Å². The van der Waals surface area contributed by atoms with Gasteiger partial charge in [0, 0.05) is 19.3 Å². The minimum absolute atomic E-state index is 0. The summed E-state index contributed by atoms with van der Waals surface area (Å²) in [7, 11) is 0. The van der Waals surface area contributed by atoms with Gasteiger partial charge in [-0.1, -0.05) is 65.6 Å². The molecular weight excluding hydrogens is 816 g/mol. The Kier molecular flexibility index (Phi) is 37.7. The summed E-state index contributed by atoms with van der Waals surface area (Å²) in [6, 6.07) is 0. The van der Waals surface area contributed by atoms with Crippen LogP contribution < -0.4 is 11.5 Å². The molecular formula is C23H47I3N2O3SV-. The number of aliphatic carboxylic acids is 1. The second-order valence-corrected chi connectivity index (χ2v) is 43.4. The molecule has 5 N–H and O–H groups in total. The monoisotopic (exact) mass is 863 g/mol. The summed E-state index contributed by atoms with van der Waals surface area (Å²) in [6.07, 6.45) is 13.3. The first kappa shape index (κ1) is 41.7. The first-order chi connectivity index (χ1) is 15.1. The van der Waals surface area contributed by atoms with Crippen molar-refractivity contribution in [3.63, 3.8) is 0 Å². The van der Waals surface area contributed by atoms with E-state index in [1.54, 1.807) is 6.92 Å². The first-order valence-electron chi connectivity index (χ1n) is 11.4. The molecule has 3 saturated carbocycles. The van der Waals surface area contributed by atoms with E-state index in [0.29, 0.717) is 29.7 Å². The number of halogens is 3. The van der Waals surface area contributed by atoms with E-state index in [9.17, 15) is 9.59 Å². The summed E-state index contributed by atoms with van der Waals surface area (Å²) >= 11 is 12.1. The third-order valence-electron chi connectivity index (χ3n) is 5.12. The molecule has 0 aromatic rings. The molecule has 0 aromatic heterocycles. The van der Waals surface area contributed by atoms with E-state index < -0.39 is 5.97 Å². The molecule has 3 aliphatic rings. The van der Waals surface area contributed by atoms with Crippen molar-refractivity contribution in [3.05, 3.63) is 6.92 Å². The Morgan fingerprint density at radius 1 is 0.848 bits per heavy atom. The molecule has 33 heavy (non-hydrogen) atoms. The number of primary amides is 1. The van der Waals surface area contributed by atoms with Gasteiger partial charge in [0.15, 0.2) is 0 Å². The topological polar surface area (TPSA) is 106 Å². The third kappa shape index (κ3) is 33.6. The van der Waals surface area contributed by atoms with Crippen molar-refractivity contribution in [2.24, 2.45) is 29.2 Å². The fourth-order valence-electron chi connectivity index (χ4n) is 2.91. The number of nitrogens with two attached hydrogens (primary N) is 2. The normalized spacial score (nSPS) is 16.0. The molecule has 3 aliphatic carbocycles. The summed E-state index contributed by atoms with van der Waals surface area (Å²) in [4.78, 5) is 20.6. The van der Waals surface area contributed by atoms with E-state index in [1.807, 2.05) is 13.8 Å². The number of carboxylic acids is 1. The number of carboxylic acid groups (broad SMARTS) is 1. The van der Waals surface area contributed by atoms with Crippen LogP contribution in [-0.4, -0.2) is 22.0 Å². The van der Waals surface area contributed by atoms with E-state index in [0.717, 1.165) is 25.2 Å². The van der Waals surface area contributed by atoms with Crippen LogP contribution in [0.1, 0.15) is 105 Å². The first-order valence-corrected chi connectivity index (χ1v) is 25.3. The Hall–Kier alpha value is 1.60. The van der Waals surface area contributed by atoms with Crippen LogP contribution in [0.5, 0.6) is 0 Å². The van der Waals surface area contributed by atoms with Crippen molar-refractivity contribution in [1.29, 1.82) is 0 Å². The molecule has 0 unspecified atom stereocenters. The third-order valence-corrected chi connectivity index (χ3v) is 5.28. The van der Waals surface area contributed by atoms with E-state index in [-0.39, 0.29) is 18.3 Å². The second kappa shape index (κ2) is 29.8. The molecule has 0 bridgehead atoms. The molecule has 0 saturated heterocycles. The number of rotatable bonds is 6. The van der Waals surface area contributed by atoms with Gasteiger partial charge in [-0.25, -0.2) is 0 Å². The van der Waals surface area contributed by atoms with Gasteiger partial charge in [-0.3, -0.25) is 9.59 Å². The van der Waals surface area contributed by atoms with Crippen LogP contribution in [0.25, 0.3) is 0 Å². The van der Waals surface area contributed by atoms with Crippen molar-refractivity contribution >= 4 is 89.0 Å². The maximum atomic E-state index is 10.2. The van der Waals surface area contributed by atoms with Gasteiger partial charge in [-0.05, 0) is 43.4 Å². The fraction of sp³-hybridized carbons (Fsp3) is 0.826. The summed E-state index contributed by atoms with van der Waals surface area (Å²) in [5.74, 6) is 1.19. The van der Waals surface area contributed by atoms with E-state index in [2.05, 4.69) is 66.9 Å². The van der Waals surface area contributed by atoms with Crippen molar-refractivity contribution in [2.45, 2.75) is 105 Å². The van der Waals surface area contributed by atoms with Gasteiger partial charge in [0.25, 0.3) is 0 Å². The van der Waals surface area contributed by atoms with Crippen LogP contribution in [0, 0.1) is 24.7 Å². The van der Waals surface area contributed by atoms with Crippen LogP contribution >= 0.6 is 72.2 Å². The van der Waals surface area contributed by atoms with Crippen LogP contribution in [0.2, 0.25) is 0 Å². The molecule has 0 heterocycles. The number of carbonyl (C=O) groups excluding carboxylic acids is 1. The van der Waals surface area contributed by atoms with Gasteiger partial charge >= 0.3 is 70.8 Å². The van der Waals surface area contributed by atoms with Crippen LogP contribution in [0.15, 0.2) is 0 Å². The van der Waals surface area contributed by atoms with Crippen molar-refractivity contribution < 1.29 is 19.6 Å². The fourth-order valence-corrected chi connectivity index (χ4v) is 3.14. The molecule has 3 fully saturated rings. The molecule has 1 amide bonds. The Balaban J connectivity index is -0.000000164. The van der Waals surface area contributed by atoms with Crippen LogP contribution in [0.3, 0.4) is 0 Å². The number of hydrogen-bond acceptors (Lipinski definition) is 3. The molecule has 200 valence electrons. The summed E-state index contributed by atoms with van der Waals surface area (Å²) in [5, 5.41) is 8.25. The summed E-state index contributed by atoms with van der Waals surface area (Å²) in [5.41, 5.74) is 10.3. The predicted octanol–water partition coefficient (Wildman–Crippen LogP) is 8.54. The Labute approximate surface area is 247 Å². The Morgan fingerprint density at radius 3 is 1.21 bits per heavy atom. The maximum absolute atomic E-state index is 10.2. The predicted molar refractivity (Wildman–Crippen MR) is 171 cm³/mol. The van der Waals surface area contributed by atoms with Crippen LogP contribution in [-0.2, 0) is 14.5 Å². The SMILES string of the molecule is C.CC.NC(=O)CC1CCC1.NC(=S)CC1CCC1.O=C(O)CC1CCC1.[CH2-]C.[I][V]([I])[I]. The zero-order valence-electron chi connectivity index (χ0n) is 19.8. The van der Waals surface area contributed by atoms with E-state index in [4.69, 9.17) is 28.8 Å². The van der Waals surface area contributed by atoms with E-state index in [1.165, 1.54) is 44.9 Å². The minimum atomic E-state index is -0.644. The number of hydrogen-bond donors (Lipinski definition) is 3. The summed E-state index contributed by atoms with van der Waals surface area (Å²) < 4.78 is 0. The van der Waals surface area contributed by atoms with Gasteiger partial charge in [-0.2, -0.15) is 6.92 Å². The number of amides is 1. The van der Waals surface area contributed by atoms with Gasteiger partial charge in [0.1, 0.15) is 0 Å². The summed E-state index contributed by atoms with van der Waals surface area (Å²) in [6.45, 7) is 9.00. The molecule has 0 spiro atoms. The number of carbonyl (C=O) groups is 2. The molecule has 10 heteroatoms. The average Bonchev–Trinajstić information content (AvgIpc) is 2.62. The molecule has 0 aliphatic heterocycles. The van der Waals surface area contributed by atoms with Crippen molar-refractivity contribution in [1.82, 2.24) is 0 Å². The zero-order valence-corrected chi connectivity index (χ0v) is 28.5. The molecule has 3 rings (SSSR count). The van der Waals surface area contributed by atoms with Crippen molar-refractivity contribution in [3.8, 4) is 0 Å². The number of thiocarbonyl (C=S) groups is 1. The Bertz CT molecular complexity index is 413. The standard InChI is InChI=1S/C6H11NO.C6H11NS.C6H10O2.C2H6.C2H5.CH4.3HI.V/c3*7-6(8)4-5-2-1-3-5;2*1-2;;;;;/h2*5H,1-4H2,(H2,7,8);5H,1-4H2,(H,7,8);1-2H3;1H2,2H3;1H4;3*1H;/q;;;;-1;;;;;+3/p-3. The van der Waals surface area contributed by atoms with Crippen LogP contribution in [0.4, 0.5) is 0 Å². The molecule has 0 atom stereocenters. The van der Waals surface area contributed by atoms with Gasteiger partial charge in [0.05, 0.1) is 4.99 Å². The molecule has 5 nitrogen and oxygen atoms in total.